The molecule has 0 radical (unpaired) electrons. The number of amides is 2. The summed E-state index contributed by atoms with van der Waals surface area (Å²) >= 11 is 11.8. The van der Waals surface area contributed by atoms with Gasteiger partial charge in [-0.15, -0.1) is 0 Å². The Kier molecular flexibility index (Phi) is 7.12. The minimum absolute atomic E-state index is 0.284. The molecule has 0 saturated carbocycles. The molecule has 0 spiro atoms. The van der Waals surface area contributed by atoms with Crippen molar-refractivity contribution in [2.75, 3.05) is 26.1 Å². The minimum Gasteiger partial charge on any atom is -0.495 e. The number of hydrogen-bond acceptors (Lipinski definition) is 4. The monoisotopic (exact) mass is 396 g/mol. The molecule has 0 atom stereocenters. The number of ether oxygens (including phenoxy) is 2. The predicted octanol–water partition coefficient (Wildman–Crippen LogP) is 3.31. The van der Waals surface area contributed by atoms with Gasteiger partial charge in [0.2, 0.25) is 0 Å². The van der Waals surface area contributed by atoms with Crippen LogP contribution in [0.5, 0.6) is 11.5 Å². The smallest absolute Gasteiger partial charge is 0.313 e. The van der Waals surface area contributed by atoms with Crippen LogP contribution in [-0.4, -0.2) is 32.6 Å². The highest BCUT2D eigenvalue weighted by Gasteiger charge is 2.17. The highest BCUT2D eigenvalue weighted by Crippen LogP contribution is 2.35. The number of benzene rings is 2. The maximum atomic E-state index is 12.1. The van der Waals surface area contributed by atoms with Crippen LogP contribution in [-0.2, 0) is 16.0 Å². The van der Waals surface area contributed by atoms with Crippen molar-refractivity contribution in [3.05, 3.63) is 52.0 Å². The number of methoxy groups -OCH3 is 2. The van der Waals surface area contributed by atoms with Crippen LogP contribution in [0.25, 0.3) is 0 Å². The molecule has 0 heterocycles. The van der Waals surface area contributed by atoms with Crippen molar-refractivity contribution >= 4 is 40.7 Å². The average Bonchev–Trinajstić information content (AvgIpc) is 2.64. The summed E-state index contributed by atoms with van der Waals surface area (Å²) in [7, 11) is 2.88. The van der Waals surface area contributed by atoms with E-state index in [2.05, 4.69) is 10.6 Å². The fourth-order valence-corrected chi connectivity index (χ4v) is 2.55. The summed E-state index contributed by atoms with van der Waals surface area (Å²) in [6.45, 7) is 0.314. The fourth-order valence-electron chi connectivity index (χ4n) is 2.19. The van der Waals surface area contributed by atoms with Crippen LogP contribution in [0.2, 0.25) is 10.0 Å². The standard InChI is InChI=1S/C18H18Cl2N2O4/c1-25-15-10-14(16(26-2)9-13(15)20)22-18(24)17(23)21-8-7-11-3-5-12(19)6-4-11/h3-6,9-10H,7-8H2,1-2H3,(H,21,23)(H,22,24). The van der Waals surface area contributed by atoms with E-state index in [0.29, 0.717) is 34.5 Å². The van der Waals surface area contributed by atoms with Crippen molar-refractivity contribution in [3.8, 4) is 11.5 Å². The Morgan fingerprint density at radius 1 is 0.962 bits per heavy atom. The molecular formula is C18H18Cl2N2O4. The van der Waals surface area contributed by atoms with Gasteiger partial charge in [0.05, 0.1) is 24.9 Å². The molecule has 0 aromatic heterocycles. The van der Waals surface area contributed by atoms with Crippen molar-refractivity contribution in [1.82, 2.24) is 5.32 Å². The first-order valence-electron chi connectivity index (χ1n) is 7.69. The third kappa shape index (κ3) is 5.28. The van der Waals surface area contributed by atoms with E-state index in [1.54, 1.807) is 12.1 Å². The molecule has 2 N–H and O–H groups in total. The van der Waals surface area contributed by atoms with Gasteiger partial charge in [-0.3, -0.25) is 9.59 Å². The Hall–Kier alpha value is -2.44. The van der Waals surface area contributed by atoms with Crippen LogP contribution in [0.3, 0.4) is 0 Å². The lowest BCUT2D eigenvalue weighted by Gasteiger charge is -2.13. The summed E-state index contributed by atoms with van der Waals surface area (Å²) in [6.07, 6.45) is 0.578. The number of rotatable bonds is 6. The Morgan fingerprint density at radius 3 is 2.23 bits per heavy atom. The molecule has 0 saturated heterocycles. The summed E-state index contributed by atoms with van der Waals surface area (Å²) < 4.78 is 10.3. The van der Waals surface area contributed by atoms with Crippen molar-refractivity contribution < 1.29 is 19.1 Å². The molecule has 0 aliphatic carbocycles. The second kappa shape index (κ2) is 9.31. The first kappa shape index (κ1) is 19.9. The molecule has 8 heteroatoms. The maximum Gasteiger partial charge on any atom is 0.313 e. The summed E-state index contributed by atoms with van der Waals surface area (Å²) in [5, 5.41) is 6.02. The zero-order valence-electron chi connectivity index (χ0n) is 14.3. The molecule has 138 valence electrons. The number of carbonyl (C=O) groups is 2. The molecule has 2 aromatic rings. The van der Waals surface area contributed by atoms with Crippen molar-refractivity contribution in [2.24, 2.45) is 0 Å². The van der Waals surface area contributed by atoms with Crippen molar-refractivity contribution in [1.29, 1.82) is 0 Å². The third-order valence-electron chi connectivity index (χ3n) is 3.54. The van der Waals surface area contributed by atoms with E-state index in [9.17, 15) is 9.59 Å². The Balaban J connectivity index is 1.94. The molecule has 0 aliphatic heterocycles. The molecule has 6 nitrogen and oxygen atoms in total. The molecular weight excluding hydrogens is 379 g/mol. The topological polar surface area (TPSA) is 76.7 Å². The lowest BCUT2D eigenvalue weighted by molar-refractivity contribution is -0.136. The van der Waals surface area contributed by atoms with Gasteiger partial charge in [-0.25, -0.2) is 0 Å². The van der Waals surface area contributed by atoms with E-state index < -0.39 is 11.8 Å². The first-order chi connectivity index (χ1) is 12.4. The van der Waals surface area contributed by atoms with Gasteiger partial charge >= 0.3 is 11.8 Å². The van der Waals surface area contributed by atoms with E-state index >= 15 is 0 Å². The number of hydrogen-bond donors (Lipinski definition) is 2. The Labute approximate surface area is 161 Å². The SMILES string of the molecule is COc1cc(NC(=O)C(=O)NCCc2ccc(Cl)cc2)c(OC)cc1Cl. The number of halogens is 2. The van der Waals surface area contributed by atoms with E-state index in [0.717, 1.165) is 5.56 Å². The molecule has 0 aliphatic rings. The molecule has 2 aromatic carbocycles. The van der Waals surface area contributed by atoms with Gasteiger partial charge in [0.25, 0.3) is 0 Å². The first-order valence-corrected chi connectivity index (χ1v) is 8.45. The van der Waals surface area contributed by atoms with E-state index in [-0.39, 0.29) is 5.69 Å². The zero-order chi connectivity index (χ0) is 19.1. The molecule has 2 rings (SSSR count). The normalized spacial score (nSPS) is 10.2. The lowest BCUT2D eigenvalue weighted by atomic mass is 10.1. The van der Waals surface area contributed by atoms with Gasteiger partial charge in [0.1, 0.15) is 11.5 Å². The maximum absolute atomic E-state index is 12.1. The highest BCUT2D eigenvalue weighted by molar-refractivity contribution is 6.40. The molecule has 26 heavy (non-hydrogen) atoms. The van der Waals surface area contributed by atoms with E-state index in [4.69, 9.17) is 32.7 Å². The van der Waals surface area contributed by atoms with E-state index in [1.807, 2.05) is 12.1 Å². The lowest BCUT2D eigenvalue weighted by Crippen LogP contribution is -2.36. The van der Waals surface area contributed by atoms with Crippen molar-refractivity contribution in [2.45, 2.75) is 6.42 Å². The van der Waals surface area contributed by atoms with Gasteiger partial charge in [0, 0.05) is 23.7 Å². The van der Waals surface area contributed by atoms with Crippen molar-refractivity contribution in [3.63, 3.8) is 0 Å². The van der Waals surface area contributed by atoms with Gasteiger partial charge in [-0.1, -0.05) is 35.3 Å². The van der Waals surface area contributed by atoms with Gasteiger partial charge in [-0.2, -0.15) is 0 Å². The predicted molar refractivity (Wildman–Crippen MR) is 101 cm³/mol. The summed E-state index contributed by atoms with van der Waals surface area (Å²) in [4.78, 5) is 24.1. The quantitative estimate of drug-likeness (QED) is 0.734. The molecule has 0 unspecified atom stereocenters. The van der Waals surface area contributed by atoms with Gasteiger partial charge in [0.15, 0.2) is 0 Å². The van der Waals surface area contributed by atoms with Crippen LogP contribution in [0.4, 0.5) is 5.69 Å². The number of nitrogens with one attached hydrogen (secondary N) is 2. The Morgan fingerprint density at radius 2 is 1.62 bits per heavy atom. The summed E-state index contributed by atoms with van der Waals surface area (Å²) in [6, 6.07) is 10.2. The number of carbonyl (C=O) groups excluding carboxylic acids is 2. The van der Waals surface area contributed by atoms with Crippen LogP contribution < -0.4 is 20.1 Å². The largest absolute Gasteiger partial charge is 0.495 e. The van der Waals surface area contributed by atoms with E-state index in [1.165, 1.54) is 26.4 Å². The zero-order valence-corrected chi connectivity index (χ0v) is 15.8. The number of anilines is 1. The second-order valence-electron chi connectivity index (χ2n) is 5.27. The van der Waals surface area contributed by atoms with Gasteiger partial charge < -0.3 is 20.1 Å². The minimum atomic E-state index is -0.816. The van der Waals surface area contributed by atoms with Gasteiger partial charge in [-0.05, 0) is 24.1 Å². The van der Waals surface area contributed by atoms with Crippen LogP contribution in [0.1, 0.15) is 5.56 Å². The molecule has 0 fully saturated rings. The summed E-state index contributed by atoms with van der Waals surface area (Å²) in [5.74, 6) is -0.900. The summed E-state index contributed by atoms with van der Waals surface area (Å²) in [5.41, 5.74) is 1.28. The second-order valence-corrected chi connectivity index (χ2v) is 6.12. The fraction of sp³-hybridized carbons (Fsp3) is 0.222. The van der Waals surface area contributed by atoms with Crippen LogP contribution >= 0.6 is 23.2 Å². The molecule has 2 amide bonds. The molecule has 0 bridgehead atoms. The van der Waals surface area contributed by atoms with Crippen LogP contribution in [0.15, 0.2) is 36.4 Å². The highest BCUT2D eigenvalue weighted by atomic mass is 35.5. The Bertz CT molecular complexity index is 795. The van der Waals surface area contributed by atoms with Crippen LogP contribution in [0, 0.1) is 0 Å². The third-order valence-corrected chi connectivity index (χ3v) is 4.09. The average molecular weight is 397 g/mol.